The minimum atomic E-state index is -0.201. The third-order valence-corrected chi connectivity index (χ3v) is 11.7. The lowest BCUT2D eigenvalue weighted by atomic mass is 9.45. The Labute approximate surface area is 205 Å². The van der Waals surface area contributed by atoms with E-state index in [2.05, 4.69) is 47.1 Å². The Kier molecular flexibility index (Phi) is 5.36. The van der Waals surface area contributed by atoms with Crippen LogP contribution in [0.5, 0.6) is 0 Å². The average Bonchev–Trinajstić information content (AvgIpc) is 2.76. The molecule has 1 N–H and O–H groups in total. The van der Waals surface area contributed by atoms with Gasteiger partial charge in [-0.2, -0.15) is 5.10 Å². The molecule has 0 aromatic carbocycles. The van der Waals surface area contributed by atoms with Crippen LogP contribution in [0, 0.1) is 52.8 Å². The van der Waals surface area contributed by atoms with Crippen LogP contribution in [-0.4, -0.2) is 21.6 Å². The minimum Gasteiger partial charge on any atom is -0.380 e. The maximum atomic E-state index is 13.0. The van der Waals surface area contributed by atoms with E-state index in [9.17, 15) is 9.59 Å². The molecule has 1 aromatic heterocycles. The van der Waals surface area contributed by atoms with E-state index >= 15 is 0 Å². The maximum absolute atomic E-state index is 13.0. The van der Waals surface area contributed by atoms with Gasteiger partial charge in [-0.05, 0) is 114 Å². The van der Waals surface area contributed by atoms with Crippen molar-refractivity contribution in [3.8, 4) is 0 Å². The summed E-state index contributed by atoms with van der Waals surface area (Å²) < 4.78 is 1.86. The maximum Gasteiger partial charge on any atom is 0.283 e. The van der Waals surface area contributed by atoms with Crippen LogP contribution in [0.2, 0.25) is 0 Å². The second-order valence-electron chi connectivity index (χ2n) is 12.9. The molecule has 7 aliphatic rings. The topological polar surface area (TPSA) is 64.0 Å². The standard InChI is InChI=1S/C27H38BrN3O2/c1-14-22-9-19(27(22,2)3)10-23(14)30-24-12-29-31(26(33)25(24)28)13-20(32)11-21-17-5-15-4-16(7-17)8-18(21)6-15/h12,14-19,21-23,30H,4-11,13H2,1-3H3/t14-,15?,16?,17?,18?,19-,21?,22+,23-/m1/s1. The number of anilines is 1. The van der Waals surface area contributed by atoms with Gasteiger partial charge in [-0.15, -0.1) is 0 Å². The van der Waals surface area contributed by atoms with E-state index < -0.39 is 0 Å². The monoisotopic (exact) mass is 515 g/mol. The van der Waals surface area contributed by atoms with E-state index in [1.165, 1.54) is 43.2 Å². The van der Waals surface area contributed by atoms with Crippen molar-refractivity contribution in [2.45, 2.75) is 84.7 Å². The van der Waals surface area contributed by atoms with E-state index in [0.29, 0.717) is 34.2 Å². The quantitative estimate of drug-likeness (QED) is 0.541. The molecule has 33 heavy (non-hydrogen) atoms. The summed E-state index contributed by atoms with van der Waals surface area (Å²) in [7, 11) is 0. The highest BCUT2D eigenvalue weighted by atomic mass is 79.9. The molecule has 0 amide bonds. The third-order valence-electron chi connectivity index (χ3n) is 10.9. The van der Waals surface area contributed by atoms with Crippen molar-refractivity contribution in [2.75, 3.05) is 5.32 Å². The fraction of sp³-hybridized carbons (Fsp3) is 0.815. The molecule has 6 heteroatoms. The summed E-state index contributed by atoms with van der Waals surface area (Å²) in [6.07, 6.45) is 11.6. The van der Waals surface area contributed by atoms with Gasteiger partial charge in [0.25, 0.3) is 5.56 Å². The molecule has 0 unspecified atom stereocenters. The van der Waals surface area contributed by atoms with E-state index in [-0.39, 0.29) is 17.9 Å². The van der Waals surface area contributed by atoms with Crippen LogP contribution < -0.4 is 10.9 Å². The zero-order valence-electron chi connectivity index (χ0n) is 20.2. The van der Waals surface area contributed by atoms with Crippen molar-refractivity contribution in [2.24, 2.45) is 52.8 Å². The Morgan fingerprint density at radius 3 is 2.39 bits per heavy atom. The number of hydrogen-bond donors (Lipinski definition) is 1. The Bertz CT molecular complexity index is 989. The normalized spacial score (nSPS) is 42.1. The Morgan fingerprint density at radius 2 is 1.79 bits per heavy atom. The summed E-state index contributed by atoms with van der Waals surface area (Å²) >= 11 is 3.52. The third kappa shape index (κ3) is 3.65. The number of hydrogen-bond acceptors (Lipinski definition) is 4. The van der Waals surface area contributed by atoms with Gasteiger partial charge in [0.1, 0.15) is 11.0 Å². The van der Waals surface area contributed by atoms with Crippen LogP contribution in [0.15, 0.2) is 15.5 Å². The molecule has 1 heterocycles. The first-order valence-electron chi connectivity index (χ1n) is 13.2. The molecule has 4 atom stereocenters. The molecule has 1 aromatic rings. The highest BCUT2D eigenvalue weighted by molar-refractivity contribution is 9.10. The summed E-state index contributed by atoms with van der Waals surface area (Å²) in [6.45, 7) is 7.23. The number of carbonyl (C=O) groups excluding carboxylic acids is 1. The zero-order chi connectivity index (χ0) is 23.1. The molecule has 0 radical (unpaired) electrons. The molecule has 6 bridgehead atoms. The van der Waals surface area contributed by atoms with Gasteiger partial charge in [-0.25, -0.2) is 4.68 Å². The van der Waals surface area contributed by atoms with Gasteiger partial charge in [-0.3, -0.25) is 9.59 Å². The summed E-state index contributed by atoms with van der Waals surface area (Å²) in [5, 5.41) is 8.02. The second kappa shape index (κ2) is 7.93. The summed E-state index contributed by atoms with van der Waals surface area (Å²) in [4.78, 5) is 26.0. The van der Waals surface area contributed by atoms with Crippen molar-refractivity contribution in [1.29, 1.82) is 0 Å². The van der Waals surface area contributed by atoms with Crippen molar-refractivity contribution < 1.29 is 4.79 Å². The molecule has 7 saturated carbocycles. The lowest BCUT2D eigenvalue weighted by molar-refractivity contribution is -0.125. The molecule has 0 saturated heterocycles. The Hall–Kier alpha value is -1.17. The Morgan fingerprint density at radius 1 is 1.12 bits per heavy atom. The Balaban J connectivity index is 1.11. The number of aromatic nitrogens is 2. The van der Waals surface area contributed by atoms with Gasteiger partial charge < -0.3 is 5.32 Å². The molecular formula is C27H38BrN3O2. The highest BCUT2D eigenvalue weighted by Crippen LogP contribution is 2.61. The first-order valence-corrected chi connectivity index (χ1v) is 14.0. The molecule has 0 spiro atoms. The minimum absolute atomic E-state index is 0.0959. The van der Waals surface area contributed by atoms with Gasteiger partial charge >= 0.3 is 0 Å². The van der Waals surface area contributed by atoms with Gasteiger partial charge in [0.2, 0.25) is 0 Å². The van der Waals surface area contributed by atoms with Crippen LogP contribution in [0.3, 0.4) is 0 Å². The van der Waals surface area contributed by atoms with Crippen LogP contribution in [-0.2, 0) is 11.3 Å². The smallest absolute Gasteiger partial charge is 0.283 e. The number of nitrogens with zero attached hydrogens (tertiary/aromatic N) is 2. The van der Waals surface area contributed by atoms with Crippen molar-refractivity contribution in [3.63, 3.8) is 0 Å². The molecule has 8 rings (SSSR count). The number of carbonyl (C=O) groups is 1. The number of nitrogens with one attached hydrogen (secondary N) is 1. The van der Waals surface area contributed by atoms with Crippen LogP contribution in [0.4, 0.5) is 5.69 Å². The molecular weight excluding hydrogens is 478 g/mol. The number of Topliss-reactive ketones (excluding diaryl/α,β-unsaturated/α-hetero) is 1. The largest absolute Gasteiger partial charge is 0.380 e. The van der Waals surface area contributed by atoms with E-state index in [4.69, 9.17) is 0 Å². The number of halogens is 1. The lowest BCUT2D eigenvalue weighted by Crippen LogP contribution is -2.58. The van der Waals surface area contributed by atoms with Crippen LogP contribution >= 0.6 is 15.9 Å². The van der Waals surface area contributed by atoms with E-state index in [1.807, 2.05) is 0 Å². The molecule has 7 aliphatic carbocycles. The molecule has 0 aliphatic heterocycles. The fourth-order valence-corrected chi connectivity index (χ4v) is 9.51. The van der Waals surface area contributed by atoms with Crippen molar-refractivity contribution in [3.05, 3.63) is 21.0 Å². The number of ketones is 1. The van der Waals surface area contributed by atoms with E-state index in [1.54, 1.807) is 6.20 Å². The van der Waals surface area contributed by atoms with Gasteiger partial charge in [0, 0.05) is 12.5 Å². The van der Waals surface area contributed by atoms with Crippen molar-refractivity contribution >= 4 is 27.4 Å². The first kappa shape index (κ1) is 22.3. The molecule has 5 nitrogen and oxygen atoms in total. The number of rotatable bonds is 6. The van der Waals surface area contributed by atoms with Crippen molar-refractivity contribution in [1.82, 2.24) is 9.78 Å². The predicted molar refractivity (Wildman–Crippen MR) is 133 cm³/mol. The fourth-order valence-electron chi connectivity index (χ4n) is 9.08. The average molecular weight is 517 g/mol. The van der Waals surface area contributed by atoms with Gasteiger partial charge in [-0.1, -0.05) is 20.8 Å². The lowest BCUT2D eigenvalue weighted by Gasteiger charge is -2.62. The van der Waals surface area contributed by atoms with Gasteiger partial charge in [0.15, 0.2) is 5.78 Å². The summed E-state index contributed by atoms with van der Waals surface area (Å²) in [5.41, 5.74) is 1.00. The predicted octanol–water partition coefficient (Wildman–Crippen LogP) is 5.52. The second-order valence-corrected chi connectivity index (χ2v) is 13.7. The number of fused-ring (bicyclic) bond motifs is 2. The summed E-state index contributed by atoms with van der Waals surface area (Å²) in [5.74, 6) is 6.08. The molecule has 180 valence electrons. The zero-order valence-corrected chi connectivity index (χ0v) is 21.8. The SMILES string of the molecule is C[C@H]1[C@H](Nc2cnn(CC(=O)CC3C4CC5CC(C4)CC3C5)c(=O)c2Br)C[C@H]2C[C@@H]1C2(C)C. The van der Waals surface area contributed by atoms with E-state index in [0.717, 1.165) is 47.6 Å². The van der Waals surface area contributed by atoms with Crippen LogP contribution in [0.25, 0.3) is 0 Å². The van der Waals surface area contributed by atoms with Gasteiger partial charge in [0.05, 0.1) is 11.9 Å². The first-order chi connectivity index (χ1) is 15.7. The van der Waals surface area contributed by atoms with Crippen LogP contribution in [0.1, 0.15) is 72.1 Å². The summed E-state index contributed by atoms with van der Waals surface area (Å²) in [6, 6.07) is 0.369. The molecule has 7 fully saturated rings. The highest BCUT2D eigenvalue weighted by Gasteiger charge is 2.56.